The molecule has 0 saturated heterocycles. The van der Waals surface area contributed by atoms with Gasteiger partial charge in [0.25, 0.3) is 0 Å². The number of aliphatic hydroxyl groups is 1. The first-order valence-electron chi connectivity index (χ1n) is 7.69. The van der Waals surface area contributed by atoms with Gasteiger partial charge in [0.1, 0.15) is 5.75 Å². The van der Waals surface area contributed by atoms with Gasteiger partial charge in [-0.1, -0.05) is 32.1 Å². The highest BCUT2D eigenvalue weighted by atomic mass is 16.3. The second kappa shape index (κ2) is 3.67. The molecule has 2 nitrogen and oxygen atoms in total. The zero-order chi connectivity index (χ0) is 14.1. The quantitative estimate of drug-likeness (QED) is 0.709. The van der Waals surface area contributed by atoms with Crippen molar-refractivity contribution in [3.63, 3.8) is 0 Å². The maximum absolute atomic E-state index is 10.4. The lowest BCUT2D eigenvalue weighted by Crippen LogP contribution is -2.47. The summed E-state index contributed by atoms with van der Waals surface area (Å²) in [5, 5.41) is 20.6. The van der Waals surface area contributed by atoms with E-state index in [0.717, 1.165) is 31.2 Å². The predicted octanol–water partition coefficient (Wildman–Crippen LogP) is 3.41. The van der Waals surface area contributed by atoms with Crippen molar-refractivity contribution in [3.8, 4) is 5.75 Å². The zero-order valence-corrected chi connectivity index (χ0v) is 12.2. The number of allylic oxidation sites excluding steroid dienone is 1. The van der Waals surface area contributed by atoms with Crippen LogP contribution in [0.4, 0.5) is 0 Å². The summed E-state index contributed by atoms with van der Waals surface area (Å²) in [7, 11) is 0. The number of rotatable bonds is 0. The van der Waals surface area contributed by atoms with Crippen molar-refractivity contribution in [2.75, 3.05) is 0 Å². The van der Waals surface area contributed by atoms with Gasteiger partial charge < -0.3 is 10.2 Å². The van der Waals surface area contributed by atoms with Crippen LogP contribution in [-0.4, -0.2) is 16.3 Å². The molecule has 2 heteroatoms. The van der Waals surface area contributed by atoms with E-state index in [2.05, 4.69) is 26.0 Å². The molecule has 3 atom stereocenters. The van der Waals surface area contributed by atoms with Crippen molar-refractivity contribution in [1.82, 2.24) is 0 Å². The van der Waals surface area contributed by atoms with Crippen LogP contribution in [0.2, 0.25) is 0 Å². The lowest BCUT2D eigenvalue weighted by Gasteiger charge is -2.51. The molecule has 0 bridgehead atoms. The first-order chi connectivity index (χ1) is 9.46. The Balaban J connectivity index is 1.92. The molecule has 0 aromatic heterocycles. The van der Waals surface area contributed by atoms with Crippen LogP contribution in [0.15, 0.2) is 29.8 Å². The fraction of sp³-hybridized carbons (Fsp3) is 0.556. The smallest absolute Gasteiger partial charge is 0.119 e. The molecule has 0 amide bonds. The van der Waals surface area contributed by atoms with Crippen molar-refractivity contribution in [3.05, 3.63) is 41.0 Å². The number of benzene rings is 1. The third kappa shape index (κ3) is 1.33. The summed E-state index contributed by atoms with van der Waals surface area (Å²) in [4.78, 5) is 0. The molecular formula is C18H22O2. The van der Waals surface area contributed by atoms with Gasteiger partial charge in [-0.3, -0.25) is 0 Å². The van der Waals surface area contributed by atoms with Gasteiger partial charge in [0.2, 0.25) is 0 Å². The number of aromatic hydroxyl groups is 1. The molecule has 2 N–H and O–H groups in total. The Morgan fingerprint density at radius 3 is 2.80 bits per heavy atom. The van der Waals surface area contributed by atoms with E-state index in [4.69, 9.17) is 0 Å². The van der Waals surface area contributed by atoms with Gasteiger partial charge in [-0.05, 0) is 54.2 Å². The fourth-order valence-electron chi connectivity index (χ4n) is 5.06. The number of phenolic OH excluding ortho intramolecular Hbond substituents is 1. The minimum atomic E-state index is -0.252. The minimum Gasteiger partial charge on any atom is -0.508 e. The molecule has 1 aromatic carbocycles. The van der Waals surface area contributed by atoms with Gasteiger partial charge in [-0.15, -0.1) is 0 Å². The van der Waals surface area contributed by atoms with E-state index in [1.807, 2.05) is 12.1 Å². The van der Waals surface area contributed by atoms with Crippen LogP contribution in [0, 0.1) is 5.92 Å². The molecule has 0 aliphatic heterocycles. The highest BCUT2D eigenvalue weighted by Crippen LogP contribution is 2.65. The minimum absolute atomic E-state index is 0.0269. The van der Waals surface area contributed by atoms with Crippen LogP contribution >= 0.6 is 0 Å². The van der Waals surface area contributed by atoms with Crippen LogP contribution in [0.25, 0.3) is 0 Å². The van der Waals surface area contributed by atoms with Gasteiger partial charge in [0, 0.05) is 11.0 Å². The van der Waals surface area contributed by atoms with E-state index < -0.39 is 0 Å². The summed E-state index contributed by atoms with van der Waals surface area (Å²) in [5.41, 5.74) is 3.71. The van der Waals surface area contributed by atoms with Crippen LogP contribution in [-0.2, 0) is 10.8 Å². The van der Waals surface area contributed by atoms with Crippen molar-refractivity contribution in [2.45, 2.75) is 56.5 Å². The Morgan fingerprint density at radius 2 is 2.00 bits per heavy atom. The third-order valence-corrected chi connectivity index (χ3v) is 5.78. The van der Waals surface area contributed by atoms with Crippen LogP contribution in [0.5, 0.6) is 5.75 Å². The molecule has 0 radical (unpaired) electrons. The van der Waals surface area contributed by atoms with E-state index >= 15 is 0 Å². The molecule has 3 aliphatic carbocycles. The molecule has 1 spiro atoms. The number of fused-ring (bicyclic) bond motifs is 4. The predicted molar refractivity (Wildman–Crippen MR) is 78.9 cm³/mol. The van der Waals surface area contributed by atoms with Crippen LogP contribution in [0.1, 0.15) is 50.7 Å². The molecule has 20 heavy (non-hydrogen) atoms. The summed E-state index contributed by atoms with van der Waals surface area (Å²) >= 11 is 0. The number of hydrogen-bond acceptors (Lipinski definition) is 2. The van der Waals surface area contributed by atoms with Gasteiger partial charge in [-0.2, -0.15) is 0 Å². The maximum atomic E-state index is 10.4. The van der Waals surface area contributed by atoms with E-state index in [-0.39, 0.29) is 16.9 Å². The largest absolute Gasteiger partial charge is 0.508 e. The topological polar surface area (TPSA) is 40.5 Å². The highest BCUT2D eigenvalue weighted by Gasteiger charge is 2.58. The summed E-state index contributed by atoms with van der Waals surface area (Å²) in [6.45, 7) is 4.54. The normalized spacial score (nSPS) is 37.0. The average molecular weight is 270 g/mol. The summed E-state index contributed by atoms with van der Waals surface area (Å²) in [5.74, 6) is 0.864. The lowest BCUT2D eigenvalue weighted by atomic mass is 9.53. The molecule has 1 saturated carbocycles. The summed E-state index contributed by atoms with van der Waals surface area (Å²) in [6, 6.07) is 5.93. The Hall–Kier alpha value is -1.28. The van der Waals surface area contributed by atoms with Gasteiger partial charge in [-0.25, -0.2) is 0 Å². The van der Waals surface area contributed by atoms with E-state index in [0.29, 0.717) is 11.7 Å². The fourth-order valence-corrected chi connectivity index (χ4v) is 5.06. The molecule has 0 heterocycles. The second-order valence-corrected chi connectivity index (χ2v) is 7.44. The Kier molecular flexibility index (Phi) is 2.29. The molecule has 4 rings (SSSR count). The molecule has 3 unspecified atom stereocenters. The van der Waals surface area contributed by atoms with E-state index in [1.54, 1.807) is 0 Å². The van der Waals surface area contributed by atoms with E-state index in [1.165, 1.54) is 11.1 Å². The second-order valence-electron chi connectivity index (χ2n) is 7.44. The molecule has 3 aliphatic rings. The summed E-state index contributed by atoms with van der Waals surface area (Å²) < 4.78 is 0. The monoisotopic (exact) mass is 270 g/mol. The highest BCUT2D eigenvalue weighted by molar-refractivity contribution is 5.61. The zero-order valence-electron chi connectivity index (χ0n) is 12.2. The number of aliphatic hydroxyl groups excluding tert-OH is 1. The maximum Gasteiger partial charge on any atom is 0.119 e. The first-order valence-corrected chi connectivity index (χ1v) is 7.69. The molecule has 1 fully saturated rings. The average Bonchev–Trinajstić information content (AvgIpc) is 2.63. The summed E-state index contributed by atoms with van der Waals surface area (Å²) in [6.07, 6.45) is 6.20. The van der Waals surface area contributed by atoms with Gasteiger partial charge in [0.15, 0.2) is 0 Å². The van der Waals surface area contributed by atoms with Crippen molar-refractivity contribution < 1.29 is 10.2 Å². The van der Waals surface area contributed by atoms with Crippen molar-refractivity contribution >= 4 is 0 Å². The Labute approximate surface area is 120 Å². The van der Waals surface area contributed by atoms with Gasteiger partial charge >= 0.3 is 0 Å². The first kappa shape index (κ1) is 12.5. The molecule has 1 aromatic rings. The number of hydrogen-bond donors (Lipinski definition) is 2. The van der Waals surface area contributed by atoms with E-state index in [9.17, 15) is 10.2 Å². The van der Waals surface area contributed by atoms with Crippen molar-refractivity contribution in [1.29, 1.82) is 0 Å². The van der Waals surface area contributed by atoms with Gasteiger partial charge in [0.05, 0.1) is 6.10 Å². The van der Waals surface area contributed by atoms with Crippen molar-refractivity contribution in [2.24, 2.45) is 5.92 Å². The third-order valence-electron chi connectivity index (χ3n) is 5.78. The SMILES string of the molecule is CC1(C)CC2(C=C3C(O)CCCC32)c2c(O)cccc21. The Bertz CT molecular complexity index is 614. The standard InChI is InChI=1S/C18H22O2/c1-17(2)10-18(16-13(17)6-4-8-15(16)20)9-11-12(18)5-3-7-14(11)19/h4,6,8-9,12,14,19-20H,3,5,7,10H2,1-2H3. The Morgan fingerprint density at radius 1 is 1.20 bits per heavy atom. The van der Waals surface area contributed by atoms with Crippen LogP contribution in [0.3, 0.4) is 0 Å². The molecular weight excluding hydrogens is 248 g/mol. The molecule has 106 valence electrons. The van der Waals surface area contributed by atoms with Crippen LogP contribution < -0.4 is 0 Å². The lowest BCUT2D eigenvalue weighted by molar-refractivity contribution is 0.112. The number of phenols is 1.